The molecule has 0 bridgehead atoms. The van der Waals surface area contributed by atoms with E-state index < -0.39 is 5.97 Å². The summed E-state index contributed by atoms with van der Waals surface area (Å²) in [7, 11) is 0. The smallest absolute Gasteiger partial charge is 0.303 e. The Morgan fingerprint density at radius 3 is 1.83 bits per heavy atom. The molecular weight excluding hydrogens is 224 g/mol. The third kappa shape index (κ3) is 15.2. The number of rotatable bonds is 13. The van der Waals surface area contributed by atoms with Crippen LogP contribution >= 0.6 is 0 Å². The highest BCUT2D eigenvalue weighted by molar-refractivity contribution is 5.66. The first-order chi connectivity index (χ1) is 8.77. The van der Waals surface area contributed by atoms with Crippen LogP contribution in [0.15, 0.2) is 12.2 Å². The molecule has 0 aliphatic heterocycles. The van der Waals surface area contributed by atoms with Crippen LogP contribution in [0.5, 0.6) is 0 Å². The zero-order chi connectivity index (χ0) is 13.5. The summed E-state index contributed by atoms with van der Waals surface area (Å²) < 4.78 is 0. The molecule has 0 amide bonds. The Bertz CT molecular complexity index is 209. The Labute approximate surface area is 112 Å². The number of carboxylic acids is 1. The van der Waals surface area contributed by atoms with Crippen LogP contribution in [-0.4, -0.2) is 11.1 Å². The Kier molecular flexibility index (Phi) is 13.6. The minimum absolute atomic E-state index is 0.327. The second kappa shape index (κ2) is 14.3. The summed E-state index contributed by atoms with van der Waals surface area (Å²) in [4.78, 5) is 10.3. The molecule has 0 aliphatic rings. The van der Waals surface area contributed by atoms with Crippen LogP contribution in [-0.2, 0) is 4.79 Å². The van der Waals surface area contributed by atoms with E-state index in [2.05, 4.69) is 19.1 Å². The summed E-state index contributed by atoms with van der Waals surface area (Å²) >= 11 is 0. The van der Waals surface area contributed by atoms with E-state index in [9.17, 15) is 4.79 Å². The summed E-state index contributed by atoms with van der Waals surface area (Å²) in [6, 6.07) is 0. The Balaban J connectivity index is 3.06. The van der Waals surface area contributed by atoms with Crippen LogP contribution in [0.25, 0.3) is 0 Å². The van der Waals surface area contributed by atoms with Crippen LogP contribution in [0.2, 0.25) is 0 Å². The van der Waals surface area contributed by atoms with Crippen LogP contribution in [0.3, 0.4) is 0 Å². The van der Waals surface area contributed by atoms with Crippen LogP contribution in [0.1, 0.15) is 84.0 Å². The van der Waals surface area contributed by atoms with Gasteiger partial charge in [-0.3, -0.25) is 4.79 Å². The van der Waals surface area contributed by atoms with Gasteiger partial charge in [-0.15, -0.1) is 0 Å². The lowest BCUT2D eigenvalue weighted by Gasteiger charge is -1.98. The van der Waals surface area contributed by atoms with Gasteiger partial charge in [0.1, 0.15) is 0 Å². The molecule has 0 aromatic heterocycles. The SMILES string of the molecule is CCCCCCC/C=C/CCCCCCC(=O)O. The van der Waals surface area contributed by atoms with Crippen molar-refractivity contribution < 1.29 is 9.90 Å². The molecular formula is C16H30O2. The van der Waals surface area contributed by atoms with E-state index in [-0.39, 0.29) is 0 Å². The van der Waals surface area contributed by atoms with Crippen molar-refractivity contribution in [1.82, 2.24) is 0 Å². The number of allylic oxidation sites excluding steroid dienone is 2. The van der Waals surface area contributed by atoms with Crippen molar-refractivity contribution >= 4 is 5.97 Å². The predicted molar refractivity (Wildman–Crippen MR) is 77.9 cm³/mol. The maximum Gasteiger partial charge on any atom is 0.303 e. The van der Waals surface area contributed by atoms with Crippen molar-refractivity contribution in [2.75, 3.05) is 0 Å². The molecule has 2 heteroatoms. The second-order valence-electron chi connectivity index (χ2n) is 5.02. The molecule has 0 atom stereocenters. The third-order valence-electron chi connectivity index (χ3n) is 3.15. The molecule has 106 valence electrons. The van der Waals surface area contributed by atoms with Crippen LogP contribution in [0, 0.1) is 0 Å². The monoisotopic (exact) mass is 254 g/mol. The quantitative estimate of drug-likeness (QED) is 0.356. The van der Waals surface area contributed by atoms with E-state index in [0.29, 0.717) is 6.42 Å². The number of hydrogen-bond acceptors (Lipinski definition) is 1. The maximum absolute atomic E-state index is 10.3. The van der Waals surface area contributed by atoms with Gasteiger partial charge in [0.05, 0.1) is 0 Å². The van der Waals surface area contributed by atoms with Crippen LogP contribution < -0.4 is 0 Å². The first-order valence-electron chi connectivity index (χ1n) is 7.64. The fourth-order valence-corrected chi connectivity index (χ4v) is 1.99. The zero-order valence-electron chi connectivity index (χ0n) is 12.0. The molecule has 0 unspecified atom stereocenters. The van der Waals surface area contributed by atoms with Gasteiger partial charge in [0, 0.05) is 6.42 Å². The molecule has 0 aromatic rings. The van der Waals surface area contributed by atoms with Crippen molar-refractivity contribution in [3.05, 3.63) is 12.2 Å². The standard InChI is InChI=1S/C16H30O2/c1-2-3-4-5-6-7-8-9-10-11-12-13-14-15-16(17)18/h8-9H,2-7,10-15H2,1H3,(H,17,18)/b9-8+. The average molecular weight is 254 g/mol. The number of carbonyl (C=O) groups is 1. The predicted octanol–water partition coefficient (Wildman–Crippen LogP) is 5.33. The van der Waals surface area contributed by atoms with Gasteiger partial charge in [0.25, 0.3) is 0 Å². The molecule has 0 aliphatic carbocycles. The number of aliphatic carboxylic acids is 1. The normalized spacial score (nSPS) is 11.2. The maximum atomic E-state index is 10.3. The Morgan fingerprint density at radius 1 is 0.833 bits per heavy atom. The average Bonchev–Trinajstić information content (AvgIpc) is 2.34. The third-order valence-corrected chi connectivity index (χ3v) is 3.15. The summed E-state index contributed by atoms with van der Waals surface area (Å²) in [6.45, 7) is 2.25. The van der Waals surface area contributed by atoms with Gasteiger partial charge in [-0.05, 0) is 32.1 Å². The van der Waals surface area contributed by atoms with E-state index in [1.54, 1.807) is 0 Å². The summed E-state index contributed by atoms with van der Waals surface area (Å²) in [5.41, 5.74) is 0. The van der Waals surface area contributed by atoms with Gasteiger partial charge in [-0.1, -0.05) is 57.6 Å². The zero-order valence-corrected chi connectivity index (χ0v) is 12.0. The van der Waals surface area contributed by atoms with Crippen LogP contribution in [0.4, 0.5) is 0 Å². The number of carboxylic acid groups (broad SMARTS) is 1. The largest absolute Gasteiger partial charge is 0.481 e. The molecule has 0 saturated heterocycles. The van der Waals surface area contributed by atoms with Crippen molar-refractivity contribution in [2.45, 2.75) is 84.0 Å². The number of unbranched alkanes of at least 4 members (excludes halogenated alkanes) is 9. The molecule has 0 fully saturated rings. The van der Waals surface area contributed by atoms with E-state index in [4.69, 9.17) is 5.11 Å². The van der Waals surface area contributed by atoms with Crippen molar-refractivity contribution in [3.8, 4) is 0 Å². The van der Waals surface area contributed by atoms with Gasteiger partial charge < -0.3 is 5.11 Å². The number of hydrogen-bond donors (Lipinski definition) is 1. The first kappa shape index (κ1) is 17.2. The molecule has 0 spiro atoms. The Hall–Kier alpha value is -0.790. The lowest BCUT2D eigenvalue weighted by Crippen LogP contribution is -1.93. The van der Waals surface area contributed by atoms with Gasteiger partial charge in [-0.2, -0.15) is 0 Å². The molecule has 0 saturated carbocycles. The molecule has 0 aromatic carbocycles. The van der Waals surface area contributed by atoms with E-state index in [1.807, 2.05) is 0 Å². The molecule has 18 heavy (non-hydrogen) atoms. The van der Waals surface area contributed by atoms with E-state index in [0.717, 1.165) is 25.7 Å². The summed E-state index contributed by atoms with van der Waals surface area (Å²) in [6.07, 6.45) is 18.3. The fourth-order valence-electron chi connectivity index (χ4n) is 1.99. The highest BCUT2D eigenvalue weighted by Gasteiger charge is 1.95. The minimum atomic E-state index is -0.669. The lowest BCUT2D eigenvalue weighted by molar-refractivity contribution is -0.137. The van der Waals surface area contributed by atoms with Crippen molar-refractivity contribution in [1.29, 1.82) is 0 Å². The molecule has 1 N–H and O–H groups in total. The highest BCUT2D eigenvalue weighted by Crippen LogP contribution is 2.08. The highest BCUT2D eigenvalue weighted by atomic mass is 16.4. The Morgan fingerprint density at radius 2 is 1.33 bits per heavy atom. The minimum Gasteiger partial charge on any atom is -0.481 e. The van der Waals surface area contributed by atoms with E-state index in [1.165, 1.54) is 44.9 Å². The molecule has 2 nitrogen and oxygen atoms in total. The van der Waals surface area contributed by atoms with Gasteiger partial charge in [0.2, 0.25) is 0 Å². The van der Waals surface area contributed by atoms with E-state index >= 15 is 0 Å². The fraction of sp³-hybridized carbons (Fsp3) is 0.812. The van der Waals surface area contributed by atoms with Crippen molar-refractivity contribution in [3.63, 3.8) is 0 Å². The van der Waals surface area contributed by atoms with Gasteiger partial charge in [0.15, 0.2) is 0 Å². The van der Waals surface area contributed by atoms with Gasteiger partial charge in [-0.25, -0.2) is 0 Å². The topological polar surface area (TPSA) is 37.3 Å². The second-order valence-corrected chi connectivity index (χ2v) is 5.02. The molecule has 0 radical (unpaired) electrons. The summed E-state index contributed by atoms with van der Waals surface area (Å²) in [5.74, 6) is -0.669. The van der Waals surface area contributed by atoms with Crippen molar-refractivity contribution in [2.24, 2.45) is 0 Å². The van der Waals surface area contributed by atoms with Gasteiger partial charge >= 0.3 is 5.97 Å². The molecule has 0 rings (SSSR count). The molecule has 0 heterocycles. The first-order valence-corrected chi connectivity index (χ1v) is 7.64. The summed E-state index contributed by atoms with van der Waals surface area (Å²) in [5, 5.41) is 8.48. The lowest BCUT2D eigenvalue weighted by atomic mass is 10.1.